The van der Waals surface area contributed by atoms with E-state index in [0.717, 1.165) is 6.33 Å². The van der Waals surface area contributed by atoms with E-state index < -0.39 is 31.6 Å². The number of aromatic nitrogens is 4. The minimum atomic E-state index is -3.81. The van der Waals surface area contributed by atoms with Crippen LogP contribution in [0.1, 0.15) is 143 Å². The van der Waals surface area contributed by atoms with Gasteiger partial charge in [0.15, 0.2) is 6.33 Å². The average molecular weight is 1280 g/mol. The predicted octanol–water partition coefficient (Wildman–Crippen LogP) is 13.3. The standard InChI is InChI=1S/2C15H11N3O4S.8C2H6.2CH3.2Yb/c19-14(15-16-10-17-22-15)12-8-4-5-9-13(12)18-23(20,21)11-6-2-1-3-7-11;19-15(14-10-16-18-22-14)12-8-4-5-9-13(12)17-23(20,21)11-6-2-1-3-7-11;8*1-2;;;;/h1-10,18H;1-10,17H;8*1-2H3;2*1H3;;/q;;;;;;;;;;2*-1;;. The van der Waals surface area contributed by atoms with Gasteiger partial charge in [0.25, 0.3) is 31.7 Å². The van der Waals surface area contributed by atoms with Crippen LogP contribution in [0.3, 0.4) is 0 Å². The SMILES string of the molecule is CC.CC.CC.CC.CC.CC.CC.CC.O=C(c1cnno1)c1ccccc1NS(=O)(=O)c1ccccc1.O=C(c1ncno1)c1ccccc1NS(=O)(=O)c1ccccc1.[CH3-].[CH3-].[Yb].[Yb]. The molecule has 0 saturated heterocycles. The number of sulfonamides is 2. The molecule has 0 aliphatic heterocycles. The maximum atomic E-state index is 12.4. The summed E-state index contributed by atoms with van der Waals surface area (Å²) < 4.78 is 63.8. The number of anilines is 2. The fourth-order valence-corrected chi connectivity index (χ4v) is 6.14. The first-order valence-electron chi connectivity index (χ1n) is 21.1. The predicted molar refractivity (Wildman–Crippen MR) is 266 cm³/mol. The smallest absolute Gasteiger partial charge is 0.298 e. The molecule has 0 unspecified atom stereocenters. The van der Waals surface area contributed by atoms with E-state index in [2.05, 4.69) is 30.0 Å². The van der Waals surface area contributed by atoms with Gasteiger partial charge in [-0.25, -0.2) is 16.8 Å². The number of carbonyl (C=O) groups is 2. The summed E-state index contributed by atoms with van der Waals surface area (Å²) in [6, 6.07) is 28.2. The van der Waals surface area contributed by atoms with Gasteiger partial charge in [-0.15, -0.1) is 5.10 Å². The Hall–Kier alpha value is -2.96. The number of nitrogens with zero attached hydrogens (tertiary/aromatic N) is 4. The van der Waals surface area contributed by atoms with Crippen LogP contribution < -0.4 is 9.44 Å². The van der Waals surface area contributed by atoms with E-state index in [1.165, 1.54) is 54.7 Å². The molecule has 2 aromatic heterocycles. The molecule has 0 amide bonds. The Morgan fingerprint density at radius 3 is 1.12 bits per heavy atom. The van der Waals surface area contributed by atoms with Gasteiger partial charge >= 0.3 is 0 Å². The normalized spacial score (nSPS) is 8.48. The third-order valence-electron chi connectivity index (χ3n) is 6.08. The van der Waals surface area contributed by atoms with Crippen LogP contribution in [0.4, 0.5) is 11.4 Å². The Kier molecular flexibility index (Phi) is 62.4. The molecule has 388 valence electrons. The molecule has 0 spiro atoms. The van der Waals surface area contributed by atoms with E-state index in [0.29, 0.717) is 0 Å². The largest absolute Gasteiger partial charge is 0.358 e. The fourth-order valence-electron chi connectivity index (χ4n) is 3.94. The van der Waals surface area contributed by atoms with Crippen LogP contribution in [0.2, 0.25) is 0 Å². The van der Waals surface area contributed by atoms with Crippen LogP contribution in [-0.4, -0.2) is 48.9 Å². The minimum Gasteiger partial charge on any atom is -0.358 e. The molecule has 66 heavy (non-hydrogen) atoms. The molecule has 18 heteroatoms. The molecule has 2 N–H and O–H groups in total. The van der Waals surface area contributed by atoms with Gasteiger partial charge in [-0.1, -0.05) is 177 Å². The van der Waals surface area contributed by atoms with Crippen LogP contribution >= 0.6 is 0 Å². The summed E-state index contributed by atoms with van der Waals surface area (Å²) in [4.78, 5) is 28.5. The van der Waals surface area contributed by atoms with E-state index in [9.17, 15) is 26.4 Å². The Morgan fingerprint density at radius 1 is 0.470 bits per heavy atom. The van der Waals surface area contributed by atoms with E-state index >= 15 is 0 Å². The Labute approximate surface area is 476 Å². The number of rotatable bonds is 10. The zero-order chi connectivity index (χ0) is 48.6. The quantitative estimate of drug-likeness (QED) is 0.0971. The summed E-state index contributed by atoms with van der Waals surface area (Å²) >= 11 is 0. The van der Waals surface area contributed by atoms with E-state index in [-0.39, 0.29) is 153 Å². The van der Waals surface area contributed by atoms with Crippen molar-refractivity contribution in [3.63, 3.8) is 0 Å². The van der Waals surface area contributed by atoms with Crippen molar-refractivity contribution in [1.29, 1.82) is 0 Å². The van der Waals surface area contributed by atoms with Gasteiger partial charge < -0.3 is 23.9 Å². The summed E-state index contributed by atoms with van der Waals surface area (Å²) in [5.41, 5.74) is 0.555. The maximum Gasteiger partial charge on any atom is 0.298 e. The summed E-state index contributed by atoms with van der Waals surface area (Å²) in [6.45, 7) is 32.0. The molecule has 0 saturated carbocycles. The molecule has 0 atom stereocenters. The summed E-state index contributed by atoms with van der Waals surface area (Å²) in [5, 5.41) is 10.1. The van der Waals surface area contributed by atoms with Gasteiger partial charge in [-0.05, 0) is 48.5 Å². The molecule has 6 aromatic rings. The van der Waals surface area contributed by atoms with Crippen LogP contribution in [0, 0.1) is 109 Å². The Bertz CT molecular complexity index is 2020. The zero-order valence-electron chi connectivity index (χ0n) is 42.0. The molecule has 0 aliphatic rings. The van der Waals surface area contributed by atoms with Crippen LogP contribution in [0.15, 0.2) is 141 Å². The number of hydrogen-bond donors (Lipinski definition) is 2. The third-order valence-corrected chi connectivity index (χ3v) is 8.84. The van der Waals surface area contributed by atoms with Gasteiger partial charge in [0, 0.05) is 99.1 Å². The molecule has 6 rings (SSSR count). The van der Waals surface area contributed by atoms with Crippen molar-refractivity contribution in [3.8, 4) is 0 Å². The molecule has 14 nitrogen and oxygen atoms in total. The molecular formula is C48H76N6O8S2Yb2-2. The fraction of sp³-hybridized carbons (Fsp3) is 0.333. The van der Waals surface area contributed by atoms with Gasteiger partial charge in [0.05, 0.1) is 32.3 Å². The van der Waals surface area contributed by atoms with Crippen molar-refractivity contribution in [1.82, 2.24) is 20.5 Å². The molecule has 4 aromatic carbocycles. The number of carbonyl (C=O) groups excluding carboxylic acids is 2. The second-order valence-corrected chi connectivity index (χ2v) is 12.5. The average Bonchev–Trinajstić information content (AvgIpc) is 4.12. The van der Waals surface area contributed by atoms with E-state index in [4.69, 9.17) is 9.05 Å². The van der Waals surface area contributed by atoms with E-state index in [1.807, 2.05) is 111 Å². The van der Waals surface area contributed by atoms with Crippen molar-refractivity contribution in [2.24, 2.45) is 0 Å². The maximum absolute atomic E-state index is 12.4. The first-order chi connectivity index (χ1) is 30.2. The Morgan fingerprint density at radius 2 is 0.803 bits per heavy atom. The minimum absolute atomic E-state index is 0. The summed E-state index contributed by atoms with van der Waals surface area (Å²) in [6.07, 6.45) is 2.27. The molecular weight excluding hydrogens is 1200 g/mol. The van der Waals surface area contributed by atoms with Crippen molar-refractivity contribution in [2.75, 3.05) is 9.44 Å². The second-order valence-electron chi connectivity index (χ2n) is 9.11. The van der Waals surface area contributed by atoms with E-state index in [1.54, 1.807) is 60.7 Å². The zero-order valence-corrected chi connectivity index (χ0v) is 47.0. The molecule has 2 heterocycles. The van der Waals surface area contributed by atoms with Crippen molar-refractivity contribution in [3.05, 3.63) is 159 Å². The van der Waals surface area contributed by atoms with Crippen molar-refractivity contribution in [2.45, 2.75) is 121 Å². The van der Waals surface area contributed by atoms with Crippen LogP contribution in [-0.2, 0) is 20.0 Å². The monoisotopic (exact) mass is 1280 g/mol. The topological polar surface area (TPSA) is 204 Å². The summed E-state index contributed by atoms with van der Waals surface area (Å²) in [5.74, 6) is -1.36. The molecule has 0 radical (unpaired) electrons. The number of ketones is 2. The first-order valence-corrected chi connectivity index (χ1v) is 24.1. The third kappa shape index (κ3) is 29.0. The van der Waals surface area contributed by atoms with Gasteiger partial charge in [0.1, 0.15) is 6.20 Å². The molecule has 0 fully saturated rings. The van der Waals surface area contributed by atoms with Gasteiger partial charge in [0.2, 0.25) is 11.5 Å². The molecule has 0 aliphatic carbocycles. The number of para-hydroxylation sites is 2. The Balaban J connectivity index is -0.000000124. The van der Waals surface area contributed by atoms with Crippen molar-refractivity contribution < 1.29 is 129 Å². The van der Waals surface area contributed by atoms with Crippen molar-refractivity contribution >= 4 is 43.0 Å². The summed E-state index contributed by atoms with van der Waals surface area (Å²) in [7, 11) is -7.61. The number of hydrogen-bond acceptors (Lipinski definition) is 12. The second kappa shape index (κ2) is 51.4. The number of benzene rings is 4. The first kappa shape index (κ1) is 80.1. The molecule has 0 bridgehead atoms. The number of nitrogens with one attached hydrogen (secondary N) is 2. The van der Waals surface area contributed by atoms with Gasteiger partial charge in [-0.3, -0.25) is 19.0 Å². The van der Waals surface area contributed by atoms with Crippen LogP contribution in [0.5, 0.6) is 0 Å². The van der Waals surface area contributed by atoms with Crippen LogP contribution in [0.25, 0.3) is 0 Å². The van der Waals surface area contributed by atoms with Gasteiger partial charge in [-0.2, -0.15) is 4.98 Å².